The second-order valence-corrected chi connectivity index (χ2v) is 4.64. The highest BCUT2D eigenvalue weighted by atomic mass is 16.6. The Morgan fingerprint density at radius 2 is 2.25 bits per heavy atom. The molecule has 1 amide bonds. The van der Waals surface area contributed by atoms with Crippen LogP contribution in [0.25, 0.3) is 0 Å². The number of piperidine rings is 1. The number of hydrogen-bond acceptors (Lipinski definition) is 4. The van der Waals surface area contributed by atoms with E-state index in [0.717, 1.165) is 18.5 Å². The van der Waals surface area contributed by atoms with E-state index < -0.39 is 5.97 Å². The van der Waals surface area contributed by atoms with Crippen molar-refractivity contribution in [2.24, 2.45) is 0 Å². The lowest BCUT2D eigenvalue weighted by atomic mass is 9.93. The normalized spacial score (nSPS) is 15.9. The van der Waals surface area contributed by atoms with Gasteiger partial charge in [-0.25, -0.2) is 9.59 Å². The fraction of sp³-hybridized carbons (Fsp3) is 0.462. The number of nitrogens with zero attached hydrogens (tertiary/aromatic N) is 2. The summed E-state index contributed by atoms with van der Waals surface area (Å²) in [4.78, 5) is 24.1. The van der Waals surface area contributed by atoms with E-state index in [1.54, 1.807) is 11.0 Å². The molecule has 0 saturated carbocycles. The largest absolute Gasteiger partial charge is 0.476 e. The Bertz CT molecular complexity index is 503. The Morgan fingerprint density at radius 1 is 1.55 bits per heavy atom. The minimum absolute atomic E-state index is 0.0211. The third-order valence-corrected chi connectivity index (χ3v) is 3.33. The molecule has 0 atom stereocenters. The lowest BCUT2D eigenvalue weighted by Gasteiger charge is -2.30. The first-order valence-corrected chi connectivity index (χ1v) is 6.43. The molecule has 2 N–H and O–H groups in total. The molecule has 7 heteroatoms. The number of ether oxygens (including phenoxy) is 1. The number of H-pyrrole nitrogens is 1. The standard InChI is InChI=1S/C13H17N3O4/c1-2-7-20-13(19)16-5-3-9(4-6-16)10-8-11(12(17)18)15-14-10/h2,8-9H,1,3-7H2,(H,14,15)(H,17,18). The topological polar surface area (TPSA) is 95.5 Å². The van der Waals surface area contributed by atoms with Gasteiger partial charge < -0.3 is 14.7 Å². The number of hydrogen-bond donors (Lipinski definition) is 2. The first kappa shape index (κ1) is 14.1. The summed E-state index contributed by atoms with van der Waals surface area (Å²) in [5.41, 5.74) is 0.828. The maximum Gasteiger partial charge on any atom is 0.410 e. The molecule has 108 valence electrons. The molecule has 2 heterocycles. The zero-order valence-electron chi connectivity index (χ0n) is 11.0. The van der Waals surface area contributed by atoms with E-state index >= 15 is 0 Å². The van der Waals surface area contributed by atoms with Crippen molar-refractivity contribution < 1.29 is 19.4 Å². The highest BCUT2D eigenvalue weighted by molar-refractivity contribution is 5.85. The molecule has 20 heavy (non-hydrogen) atoms. The summed E-state index contributed by atoms with van der Waals surface area (Å²) in [6.07, 6.45) is 2.71. The highest BCUT2D eigenvalue weighted by Crippen LogP contribution is 2.27. The molecule has 0 aliphatic carbocycles. The molecule has 0 bridgehead atoms. The quantitative estimate of drug-likeness (QED) is 0.816. The lowest BCUT2D eigenvalue weighted by molar-refractivity contribution is 0.0690. The van der Waals surface area contributed by atoms with Crippen molar-refractivity contribution in [2.75, 3.05) is 19.7 Å². The molecular weight excluding hydrogens is 262 g/mol. The average molecular weight is 279 g/mol. The van der Waals surface area contributed by atoms with E-state index in [4.69, 9.17) is 9.84 Å². The van der Waals surface area contributed by atoms with Crippen molar-refractivity contribution in [3.63, 3.8) is 0 Å². The van der Waals surface area contributed by atoms with Gasteiger partial charge in [0.2, 0.25) is 0 Å². The first-order valence-electron chi connectivity index (χ1n) is 6.43. The lowest BCUT2D eigenvalue weighted by Crippen LogP contribution is -2.38. The maximum absolute atomic E-state index is 11.7. The number of aromatic amines is 1. The van der Waals surface area contributed by atoms with Crippen molar-refractivity contribution in [3.05, 3.63) is 30.1 Å². The van der Waals surface area contributed by atoms with Crippen LogP contribution in [-0.2, 0) is 4.74 Å². The third-order valence-electron chi connectivity index (χ3n) is 3.33. The van der Waals surface area contributed by atoms with Gasteiger partial charge in [0.05, 0.1) is 0 Å². The number of carboxylic acid groups (broad SMARTS) is 1. The van der Waals surface area contributed by atoms with Gasteiger partial charge in [0.25, 0.3) is 0 Å². The Balaban J connectivity index is 1.88. The summed E-state index contributed by atoms with van der Waals surface area (Å²) in [7, 11) is 0. The van der Waals surface area contributed by atoms with Crippen LogP contribution in [0.3, 0.4) is 0 Å². The van der Waals surface area contributed by atoms with Crippen LogP contribution in [0, 0.1) is 0 Å². The van der Waals surface area contributed by atoms with Gasteiger partial charge in [-0.05, 0) is 18.9 Å². The Kier molecular flexibility index (Phi) is 4.39. The molecule has 0 spiro atoms. The number of carbonyl (C=O) groups is 2. The molecule has 1 fully saturated rings. The van der Waals surface area contributed by atoms with Crippen LogP contribution in [0.2, 0.25) is 0 Å². The summed E-state index contributed by atoms with van der Waals surface area (Å²) in [5, 5.41) is 15.3. The van der Waals surface area contributed by atoms with Gasteiger partial charge in [0, 0.05) is 24.7 Å². The molecular formula is C13H17N3O4. The number of aromatic nitrogens is 2. The van der Waals surface area contributed by atoms with Crippen molar-refractivity contribution >= 4 is 12.1 Å². The second-order valence-electron chi connectivity index (χ2n) is 4.64. The first-order chi connectivity index (χ1) is 9.61. The monoisotopic (exact) mass is 279 g/mol. The highest BCUT2D eigenvalue weighted by Gasteiger charge is 2.26. The van der Waals surface area contributed by atoms with Crippen LogP contribution >= 0.6 is 0 Å². The molecule has 7 nitrogen and oxygen atoms in total. The van der Waals surface area contributed by atoms with Gasteiger partial charge in [0.1, 0.15) is 6.61 Å². The summed E-state index contributed by atoms with van der Waals surface area (Å²) in [6, 6.07) is 1.55. The van der Waals surface area contributed by atoms with E-state index in [2.05, 4.69) is 16.8 Å². The van der Waals surface area contributed by atoms with E-state index in [1.165, 1.54) is 6.08 Å². The maximum atomic E-state index is 11.7. The predicted octanol–water partition coefficient (Wildman–Crippen LogP) is 1.61. The van der Waals surface area contributed by atoms with Crippen LogP contribution in [0.4, 0.5) is 4.79 Å². The number of carboxylic acids is 1. The smallest absolute Gasteiger partial charge is 0.410 e. The fourth-order valence-electron chi connectivity index (χ4n) is 2.25. The number of likely N-dealkylation sites (tertiary alicyclic amines) is 1. The number of aromatic carboxylic acids is 1. The van der Waals surface area contributed by atoms with Gasteiger partial charge in [0.15, 0.2) is 5.69 Å². The van der Waals surface area contributed by atoms with Gasteiger partial charge in [-0.3, -0.25) is 5.10 Å². The molecule has 0 unspecified atom stereocenters. The Hall–Kier alpha value is -2.31. The third kappa shape index (κ3) is 3.17. The van der Waals surface area contributed by atoms with Gasteiger partial charge in [-0.1, -0.05) is 12.7 Å². The van der Waals surface area contributed by atoms with E-state index in [1.807, 2.05) is 0 Å². The molecule has 1 aromatic heterocycles. The number of amides is 1. The van der Waals surface area contributed by atoms with Crippen LogP contribution < -0.4 is 0 Å². The van der Waals surface area contributed by atoms with Crippen molar-refractivity contribution in [3.8, 4) is 0 Å². The molecule has 0 aromatic carbocycles. The predicted molar refractivity (Wildman–Crippen MR) is 70.6 cm³/mol. The summed E-state index contributed by atoms with van der Waals surface area (Å²) in [5.74, 6) is -0.850. The Labute approximate surface area is 116 Å². The summed E-state index contributed by atoms with van der Waals surface area (Å²) < 4.78 is 4.98. The van der Waals surface area contributed by atoms with Gasteiger partial charge >= 0.3 is 12.1 Å². The number of rotatable bonds is 4. The van der Waals surface area contributed by atoms with Gasteiger partial charge in [-0.15, -0.1) is 0 Å². The summed E-state index contributed by atoms with van der Waals surface area (Å²) in [6.45, 7) is 4.87. The molecule has 0 radical (unpaired) electrons. The van der Waals surface area contributed by atoms with E-state index in [9.17, 15) is 9.59 Å². The zero-order valence-corrected chi connectivity index (χ0v) is 11.0. The van der Waals surface area contributed by atoms with Crippen molar-refractivity contribution in [2.45, 2.75) is 18.8 Å². The van der Waals surface area contributed by atoms with Crippen LogP contribution in [0.15, 0.2) is 18.7 Å². The van der Waals surface area contributed by atoms with Crippen molar-refractivity contribution in [1.82, 2.24) is 15.1 Å². The average Bonchev–Trinajstić information content (AvgIpc) is 2.95. The SMILES string of the molecule is C=CCOC(=O)N1CCC(c2cc(C(=O)O)n[nH]2)CC1. The number of carbonyl (C=O) groups excluding carboxylic acids is 1. The minimum Gasteiger partial charge on any atom is -0.476 e. The summed E-state index contributed by atoms with van der Waals surface area (Å²) >= 11 is 0. The molecule has 1 saturated heterocycles. The number of nitrogens with one attached hydrogen (secondary N) is 1. The molecule has 1 aliphatic heterocycles. The molecule has 2 rings (SSSR count). The van der Waals surface area contributed by atoms with Crippen LogP contribution in [0.1, 0.15) is 34.9 Å². The molecule has 1 aromatic rings. The van der Waals surface area contributed by atoms with E-state index in [0.29, 0.717) is 13.1 Å². The molecule has 1 aliphatic rings. The van der Waals surface area contributed by atoms with Crippen molar-refractivity contribution in [1.29, 1.82) is 0 Å². The zero-order chi connectivity index (χ0) is 14.5. The van der Waals surface area contributed by atoms with Crippen LogP contribution in [-0.4, -0.2) is 52.0 Å². The minimum atomic E-state index is -1.04. The fourth-order valence-corrected chi connectivity index (χ4v) is 2.25. The second kappa shape index (κ2) is 6.23. The Morgan fingerprint density at radius 3 is 2.80 bits per heavy atom. The van der Waals surface area contributed by atoms with Crippen LogP contribution in [0.5, 0.6) is 0 Å². The van der Waals surface area contributed by atoms with E-state index in [-0.39, 0.29) is 24.3 Å². The van der Waals surface area contributed by atoms with Gasteiger partial charge in [-0.2, -0.15) is 5.10 Å².